The van der Waals surface area contributed by atoms with Gasteiger partial charge in [-0.05, 0) is 50.5 Å². The summed E-state index contributed by atoms with van der Waals surface area (Å²) in [6.07, 6.45) is 5.55. The number of nitrogens with one attached hydrogen (secondary N) is 1. The molecular weight excluding hydrogens is 254 g/mol. The van der Waals surface area contributed by atoms with Crippen LogP contribution in [0.5, 0.6) is 0 Å². The van der Waals surface area contributed by atoms with Crippen molar-refractivity contribution in [3.63, 3.8) is 0 Å². The molecule has 0 aliphatic carbocycles. The van der Waals surface area contributed by atoms with Crippen molar-refractivity contribution in [2.75, 3.05) is 12.3 Å². The van der Waals surface area contributed by atoms with Crippen LogP contribution in [0.15, 0.2) is 35.2 Å². The fourth-order valence-electron chi connectivity index (χ4n) is 1.62. The third-order valence-electron chi connectivity index (χ3n) is 2.95. The minimum absolute atomic E-state index is 0.140. The van der Waals surface area contributed by atoms with E-state index < -0.39 is 0 Å². The highest BCUT2D eigenvalue weighted by atomic mass is 32.2. The number of thioether (sulfide) groups is 1. The molecule has 0 aliphatic heterocycles. The van der Waals surface area contributed by atoms with Crippen LogP contribution in [0, 0.1) is 13.8 Å². The number of allylic oxidation sites excluding steroid dienone is 1. The molecule has 0 spiro atoms. The Balaban J connectivity index is 2.22. The van der Waals surface area contributed by atoms with Crippen molar-refractivity contribution in [1.82, 2.24) is 5.32 Å². The van der Waals surface area contributed by atoms with Crippen molar-refractivity contribution >= 4 is 17.7 Å². The molecule has 104 valence electrons. The molecule has 1 amide bonds. The van der Waals surface area contributed by atoms with Gasteiger partial charge in [-0.2, -0.15) is 0 Å². The number of aryl methyl sites for hydroxylation is 2. The van der Waals surface area contributed by atoms with Gasteiger partial charge in [0.15, 0.2) is 0 Å². The molecule has 2 nitrogen and oxygen atoms in total. The minimum atomic E-state index is 0.140. The molecule has 1 rings (SSSR count). The first kappa shape index (κ1) is 15.8. The van der Waals surface area contributed by atoms with Crippen molar-refractivity contribution < 1.29 is 4.79 Å². The molecule has 0 aromatic heterocycles. The van der Waals surface area contributed by atoms with Crippen LogP contribution in [-0.4, -0.2) is 18.2 Å². The molecule has 0 unspecified atom stereocenters. The average Bonchev–Trinajstić information content (AvgIpc) is 2.39. The maximum atomic E-state index is 11.6. The van der Waals surface area contributed by atoms with Crippen LogP contribution in [-0.2, 0) is 4.79 Å². The lowest BCUT2D eigenvalue weighted by atomic mass is 10.1. The Bertz CT molecular complexity index is 440. The topological polar surface area (TPSA) is 29.1 Å². The maximum absolute atomic E-state index is 11.6. The Morgan fingerprint density at radius 2 is 2.11 bits per heavy atom. The first-order valence-electron chi connectivity index (χ1n) is 6.71. The number of carbonyl (C=O) groups is 1. The average molecular weight is 277 g/mol. The van der Waals surface area contributed by atoms with Crippen molar-refractivity contribution in [3.8, 4) is 0 Å². The Hall–Kier alpha value is -1.22. The lowest BCUT2D eigenvalue weighted by Gasteiger charge is -2.06. The second-order valence-corrected chi connectivity index (χ2v) is 5.72. The first-order chi connectivity index (χ1) is 9.13. The van der Waals surface area contributed by atoms with E-state index >= 15 is 0 Å². The SMILES string of the molecule is C/C=C/CCNC(=O)CCSc1ccc(C)c(C)c1. The van der Waals surface area contributed by atoms with Crippen LogP contribution < -0.4 is 5.32 Å². The Kier molecular flexibility index (Phi) is 7.34. The summed E-state index contributed by atoms with van der Waals surface area (Å²) in [7, 11) is 0. The summed E-state index contributed by atoms with van der Waals surface area (Å²) < 4.78 is 0. The lowest BCUT2D eigenvalue weighted by Crippen LogP contribution is -2.24. The standard InChI is InChI=1S/C16H23NOS/c1-4-5-6-10-17-16(18)9-11-19-15-8-7-13(2)14(3)12-15/h4-5,7-8,12H,6,9-11H2,1-3H3,(H,17,18)/b5-4+. The largest absolute Gasteiger partial charge is 0.356 e. The fourth-order valence-corrected chi connectivity index (χ4v) is 2.56. The quantitative estimate of drug-likeness (QED) is 0.466. The van der Waals surface area contributed by atoms with Crippen LogP contribution in [0.25, 0.3) is 0 Å². The molecule has 1 aromatic carbocycles. The predicted octanol–water partition coefficient (Wildman–Crippen LogP) is 3.87. The minimum Gasteiger partial charge on any atom is -0.356 e. The number of rotatable bonds is 7. The van der Waals surface area contributed by atoms with Gasteiger partial charge in [0.2, 0.25) is 5.91 Å². The van der Waals surface area contributed by atoms with Crippen LogP contribution in [0.3, 0.4) is 0 Å². The van der Waals surface area contributed by atoms with Crippen molar-refractivity contribution in [3.05, 3.63) is 41.5 Å². The predicted molar refractivity (Wildman–Crippen MR) is 83.7 cm³/mol. The zero-order valence-electron chi connectivity index (χ0n) is 12.0. The third kappa shape index (κ3) is 6.48. The molecule has 19 heavy (non-hydrogen) atoms. The van der Waals surface area contributed by atoms with Crippen LogP contribution in [0.1, 0.15) is 30.9 Å². The van der Waals surface area contributed by atoms with E-state index in [9.17, 15) is 4.79 Å². The van der Waals surface area contributed by atoms with E-state index in [0.717, 1.165) is 18.7 Å². The summed E-state index contributed by atoms with van der Waals surface area (Å²) in [6.45, 7) is 6.95. The lowest BCUT2D eigenvalue weighted by molar-refractivity contribution is -0.120. The fraction of sp³-hybridized carbons (Fsp3) is 0.438. The summed E-state index contributed by atoms with van der Waals surface area (Å²) >= 11 is 1.74. The zero-order chi connectivity index (χ0) is 14.1. The van der Waals surface area contributed by atoms with Crippen LogP contribution in [0.4, 0.5) is 0 Å². The first-order valence-corrected chi connectivity index (χ1v) is 7.70. The Morgan fingerprint density at radius 3 is 2.79 bits per heavy atom. The molecule has 0 bridgehead atoms. The van der Waals surface area contributed by atoms with Gasteiger partial charge in [-0.1, -0.05) is 18.2 Å². The Morgan fingerprint density at radius 1 is 1.32 bits per heavy atom. The molecule has 3 heteroatoms. The number of amides is 1. The summed E-state index contributed by atoms with van der Waals surface area (Å²) in [5.41, 5.74) is 2.62. The molecule has 0 fully saturated rings. The molecular formula is C16H23NOS. The summed E-state index contributed by atoms with van der Waals surface area (Å²) in [5, 5.41) is 2.92. The normalized spacial score (nSPS) is 10.9. The maximum Gasteiger partial charge on any atom is 0.220 e. The molecule has 1 N–H and O–H groups in total. The number of hydrogen-bond acceptors (Lipinski definition) is 2. The smallest absolute Gasteiger partial charge is 0.220 e. The van der Waals surface area contributed by atoms with E-state index in [0.29, 0.717) is 6.42 Å². The van der Waals surface area contributed by atoms with Crippen molar-refractivity contribution in [2.24, 2.45) is 0 Å². The van der Waals surface area contributed by atoms with E-state index in [4.69, 9.17) is 0 Å². The molecule has 0 aliphatic rings. The van der Waals surface area contributed by atoms with E-state index in [1.165, 1.54) is 16.0 Å². The molecule has 1 aromatic rings. The van der Waals surface area contributed by atoms with E-state index in [1.54, 1.807) is 11.8 Å². The van der Waals surface area contributed by atoms with Crippen LogP contribution in [0.2, 0.25) is 0 Å². The van der Waals surface area contributed by atoms with Gasteiger partial charge in [-0.25, -0.2) is 0 Å². The number of carbonyl (C=O) groups excluding carboxylic acids is 1. The van der Waals surface area contributed by atoms with Crippen molar-refractivity contribution in [2.45, 2.75) is 38.5 Å². The van der Waals surface area contributed by atoms with Gasteiger partial charge in [0.25, 0.3) is 0 Å². The second kappa shape index (κ2) is 8.81. The summed E-state index contributed by atoms with van der Waals surface area (Å²) in [5.74, 6) is 0.971. The van der Waals surface area contributed by atoms with Crippen LogP contribution >= 0.6 is 11.8 Å². The summed E-state index contributed by atoms with van der Waals surface area (Å²) in [6, 6.07) is 6.44. The van der Waals surface area contributed by atoms with Gasteiger partial charge >= 0.3 is 0 Å². The van der Waals surface area contributed by atoms with Gasteiger partial charge < -0.3 is 5.32 Å². The number of hydrogen-bond donors (Lipinski definition) is 1. The van der Waals surface area contributed by atoms with Gasteiger partial charge in [0, 0.05) is 23.6 Å². The van der Waals surface area contributed by atoms with E-state index in [-0.39, 0.29) is 5.91 Å². The van der Waals surface area contributed by atoms with Gasteiger partial charge in [-0.15, -0.1) is 11.8 Å². The Labute approximate surface area is 120 Å². The number of benzene rings is 1. The van der Waals surface area contributed by atoms with Gasteiger partial charge in [-0.3, -0.25) is 4.79 Å². The van der Waals surface area contributed by atoms with E-state index in [2.05, 4.69) is 43.4 Å². The highest BCUT2D eigenvalue weighted by Gasteiger charge is 2.02. The molecule has 0 heterocycles. The monoisotopic (exact) mass is 277 g/mol. The summed E-state index contributed by atoms with van der Waals surface area (Å²) in [4.78, 5) is 12.8. The highest BCUT2D eigenvalue weighted by Crippen LogP contribution is 2.21. The third-order valence-corrected chi connectivity index (χ3v) is 3.94. The van der Waals surface area contributed by atoms with Gasteiger partial charge in [0.05, 0.1) is 0 Å². The molecule has 0 saturated carbocycles. The molecule has 0 radical (unpaired) electrons. The van der Waals surface area contributed by atoms with Gasteiger partial charge in [0.1, 0.15) is 0 Å². The van der Waals surface area contributed by atoms with Crippen molar-refractivity contribution in [1.29, 1.82) is 0 Å². The molecule has 0 saturated heterocycles. The highest BCUT2D eigenvalue weighted by molar-refractivity contribution is 7.99. The molecule has 0 atom stereocenters. The van der Waals surface area contributed by atoms with E-state index in [1.807, 2.05) is 13.0 Å². The second-order valence-electron chi connectivity index (χ2n) is 4.55. The zero-order valence-corrected chi connectivity index (χ0v) is 12.8.